The van der Waals surface area contributed by atoms with Gasteiger partial charge in [0.1, 0.15) is 0 Å². The average Bonchev–Trinajstić information content (AvgIpc) is 2.53. The van der Waals surface area contributed by atoms with E-state index >= 15 is 0 Å². The van der Waals surface area contributed by atoms with Gasteiger partial charge in [0.05, 0.1) is 18.1 Å². The summed E-state index contributed by atoms with van der Waals surface area (Å²) in [6.45, 7) is 8.51. The molecule has 26 heavy (non-hydrogen) atoms. The Hall–Kier alpha value is -1.66. The molecule has 0 amide bonds. The fraction of sp³-hybridized carbons (Fsp3) is 0.895. The molecule has 0 aliphatic heterocycles. The zero-order valence-corrected chi connectivity index (χ0v) is 16.6. The molecule has 1 aliphatic rings. The molecule has 1 saturated carbocycles. The minimum atomic E-state index is -1.25. The van der Waals surface area contributed by atoms with Gasteiger partial charge in [-0.1, -0.05) is 26.2 Å². The van der Waals surface area contributed by atoms with E-state index in [1.807, 2.05) is 0 Å². The Kier molecular flexibility index (Phi) is 9.02. The largest absolute Gasteiger partial charge is 0.462 e. The zero-order valence-electron chi connectivity index (χ0n) is 16.6. The summed E-state index contributed by atoms with van der Waals surface area (Å²) in [5, 5.41) is 11.7. The maximum Gasteiger partial charge on any atom is 0.321 e. The molecule has 0 unspecified atom stereocenters. The van der Waals surface area contributed by atoms with Crippen LogP contribution in [0.3, 0.4) is 0 Å². The second-order valence-corrected chi connectivity index (χ2v) is 7.69. The van der Waals surface area contributed by atoms with E-state index in [4.69, 9.17) is 9.47 Å². The summed E-state index contributed by atoms with van der Waals surface area (Å²) in [4.78, 5) is 36.9. The van der Waals surface area contributed by atoms with Gasteiger partial charge in [-0.05, 0) is 46.5 Å². The molecule has 0 radical (unpaired) electrons. The van der Waals surface area contributed by atoms with Crippen molar-refractivity contribution in [1.82, 2.24) is 0 Å². The number of nitrogens with zero attached hydrogens (tertiary/aromatic N) is 1. The minimum Gasteiger partial charge on any atom is -0.462 e. The Morgan fingerprint density at radius 2 is 1.46 bits per heavy atom. The van der Waals surface area contributed by atoms with Crippen LogP contribution in [0.15, 0.2) is 0 Å². The number of esters is 2. The highest BCUT2D eigenvalue weighted by molar-refractivity contribution is 5.95. The summed E-state index contributed by atoms with van der Waals surface area (Å²) in [5.41, 5.74) is 0. The van der Waals surface area contributed by atoms with Crippen LogP contribution in [0.25, 0.3) is 0 Å². The van der Waals surface area contributed by atoms with E-state index in [9.17, 15) is 19.7 Å². The molecule has 1 aliphatic carbocycles. The van der Waals surface area contributed by atoms with Crippen molar-refractivity contribution in [3.63, 3.8) is 0 Å². The van der Waals surface area contributed by atoms with E-state index in [1.165, 1.54) is 0 Å². The molecule has 0 saturated heterocycles. The third-order valence-corrected chi connectivity index (χ3v) is 4.92. The van der Waals surface area contributed by atoms with Gasteiger partial charge >= 0.3 is 11.9 Å². The van der Waals surface area contributed by atoms with Gasteiger partial charge in [0.25, 0.3) is 0 Å². The Bertz CT molecular complexity index is 462. The summed E-state index contributed by atoms with van der Waals surface area (Å²) < 4.78 is 10.6. The van der Waals surface area contributed by atoms with E-state index < -0.39 is 42.0 Å². The van der Waals surface area contributed by atoms with Crippen molar-refractivity contribution in [2.75, 3.05) is 0 Å². The van der Waals surface area contributed by atoms with Crippen LogP contribution >= 0.6 is 0 Å². The highest BCUT2D eigenvalue weighted by atomic mass is 16.6. The Morgan fingerprint density at radius 3 is 1.81 bits per heavy atom. The predicted octanol–water partition coefficient (Wildman–Crippen LogP) is 3.76. The normalized spacial score (nSPS) is 18.0. The maximum atomic E-state index is 12.8. The van der Waals surface area contributed by atoms with Crippen LogP contribution in [0.5, 0.6) is 0 Å². The molecule has 0 aromatic carbocycles. The molecule has 0 aromatic rings. The van der Waals surface area contributed by atoms with Crippen molar-refractivity contribution in [2.45, 2.75) is 91.4 Å². The maximum absolute atomic E-state index is 12.8. The van der Waals surface area contributed by atoms with Gasteiger partial charge in [0.15, 0.2) is 5.92 Å². The molecule has 150 valence electrons. The average molecular weight is 371 g/mol. The highest BCUT2D eigenvalue weighted by Crippen LogP contribution is 2.39. The monoisotopic (exact) mass is 371 g/mol. The number of carbonyl (C=O) groups excluding carboxylic acids is 2. The number of rotatable bonds is 9. The van der Waals surface area contributed by atoms with E-state index in [0.29, 0.717) is 0 Å². The lowest BCUT2D eigenvalue weighted by molar-refractivity contribution is -0.536. The Labute approximate surface area is 156 Å². The van der Waals surface area contributed by atoms with Gasteiger partial charge in [-0.15, -0.1) is 0 Å². The fourth-order valence-corrected chi connectivity index (χ4v) is 3.91. The second kappa shape index (κ2) is 10.5. The summed E-state index contributed by atoms with van der Waals surface area (Å²) in [5.74, 6) is -3.42. The van der Waals surface area contributed by atoms with Crippen molar-refractivity contribution in [2.24, 2.45) is 17.8 Å². The number of hydrogen-bond acceptors (Lipinski definition) is 6. The van der Waals surface area contributed by atoms with Gasteiger partial charge in [-0.3, -0.25) is 19.7 Å². The standard InChI is InChI=1S/C19H33NO6/c1-6-15(20(23)24)16(14-10-8-7-9-11-14)17(18(21)25-12(2)3)19(22)26-13(4)5/h12-17H,6-11H2,1-5H3/t15-,16+/m1/s1. The molecule has 0 aromatic heterocycles. The van der Waals surface area contributed by atoms with Crippen molar-refractivity contribution >= 4 is 11.9 Å². The number of nitro groups is 1. The van der Waals surface area contributed by atoms with Gasteiger partial charge in [-0.25, -0.2) is 0 Å². The third-order valence-electron chi connectivity index (χ3n) is 4.92. The van der Waals surface area contributed by atoms with Crippen molar-refractivity contribution in [3.05, 3.63) is 10.1 Å². The van der Waals surface area contributed by atoms with Gasteiger partial charge in [0.2, 0.25) is 6.04 Å². The van der Waals surface area contributed by atoms with E-state index in [0.717, 1.165) is 32.1 Å². The summed E-state index contributed by atoms with van der Waals surface area (Å²) >= 11 is 0. The summed E-state index contributed by atoms with van der Waals surface area (Å²) in [6, 6.07) is -0.970. The zero-order chi connectivity index (χ0) is 19.9. The Balaban J connectivity index is 3.29. The molecule has 2 atom stereocenters. The number of hydrogen-bond donors (Lipinski definition) is 0. The van der Waals surface area contributed by atoms with Crippen LogP contribution in [0, 0.1) is 27.9 Å². The van der Waals surface area contributed by atoms with Crippen LogP contribution < -0.4 is 0 Å². The van der Waals surface area contributed by atoms with E-state index in [1.54, 1.807) is 34.6 Å². The predicted molar refractivity (Wildman–Crippen MR) is 97.1 cm³/mol. The first-order valence-corrected chi connectivity index (χ1v) is 9.73. The van der Waals surface area contributed by atoms with E-state index in [-0.39, 0.29) is 17.3 Å². The first kappa shape index (κ1) is 22.4. The SMILES string of the molecule is CC[C@H]([C@H](C1CCCCC1)C(C(=O)OC(C)C)C(=O)OC(C)C)[N+](=O)[O-]. The molecular formula is C19H33NO6. The second-order valence-electron chi connectivity index (χ2n) is 7.69. The third kappa shape index (κ3) is 6.25. The smallest absolute Gasteiger partial charge is 0.321 e. The molecule has 0 heterocycles. The molecule has 7 nitrogen and oxygen atoms in total. The van der Waals surface area contributed by atoms with Crippen molar-refractivity contribution in [3.8, 4) is 0 Å². The number of carbonyl (C=O) groups is 2. The fourth-order valence-electron chi connectivity index (χ4n) is 3.91. The summed E-state index contributed by atoms with van der Waals surface area (Å²) in [6.07, 6.45) is 4.02. The van der Waals surface area contributed by atoms with E-state index in [2.05, 4.69) is 0 Å². The molecular weight excluding hydrogens is 338 g/mol. The lowest BCUT2D eigenvalue weighted by atomic mass is 9.70. The lowest BCUT2D eigenvalue weighted by Crippen LogP contribution is -2.47. The minimum absolute atomic E-state index is 0.0523. The van der Waals surface area contributed by atoms with Crippen LogP contribution in [0.1, 0.15) is 73.1 Å². The molecule has 7 heteroatoms. The topological polar surface area (TPSA) is 95.7 Å². The molecule has 0 spiro atoms. The Morgan fingerprint density at radius 1 is 1.00 bits per heavy atom. The first-order chi connectivity index (χ1) is 12.2. The molecule has 1 rings (SSSR count). The molecule has 1 fully saturated rings. The highest BCUT2D eigenvalue weighted by Gasteiger charge is 2.50. The van der Waals surface area contributed by atoms with Gasteiger partial charge in [0, 0.05) is 11.3 Å². The van der Waals surface area contributed by atoms with Crippen LogP contribution in [0.2, 0.25) is 0 Å². The van der Waals surface area contributed by atoms with Gasteiger partial charge < -0.3 is 9.47 Å². The summed E-state index contributed by atoms with van der Waals surface area (Å²) in [7, 11) is 0. The van der Waals surface area contributed by atoms with Crippen LogP contribution in [-0.2, 0) is 19.1 Å². The quantitative estimate of drug-likeness (QED) is 0.265. The van der Waals surface area contributed by atoms with Crippen LogP contribution in [0.4, 0.5) is 0 Å². The number of ether oxygens (including phenoxy) is 2. The molecule has 0 N–H and O–H groups in total. The van der Waals surface area contributed by atoms with Crippen LogP contribution in [-0.4, -0.2) is 35.1 Å². The lowest BCUT2D eigenvalue weighted by Gasteiger charge is -2.35. The first-order valence-electron chi connectivity index (χ1n) is 9.73. The van der Waals surface area contributed by atoms with Crippen molar-refractivity contribution in [1.29, 1.82) is 0 Å². The van der Waals surface area contributed by atoms with Crippen molar-refractivity contribution < 1.29 is 24.0 Å². The molecule has 0 bridgehead atoms. The van der Waals surface area contributed by atoms with Gasteiger partial charge in [-0.2, -0.15) is 0 Å².